The van der Waals surface area contributed by atoms with Gasteiger partial charge in [0.2, 0.25) is 0 Å². The molecule has 0 radical (unpaired) electrons. The van der Waals surface area contributed by atoms with E-state index in [0.717, 1.165) is 23.4 Å². The maximum absolute atomic E-state index is 11.3. The average Bonchev–Trinajstić information content (AvgIpc) is 2.48. The topological polar surface area (TPSA) is 64.3 Å². The largest absolute Gasteiger partial charge is 0.496 e. The Bertz CT molecular complexity index is 597. The van der Waals surface area contributed by atoms with E-state index < -0.39 is 5.91 Å². The number of benzene rings is 2. The summed E-state index contributed by atoms with van der Waals surface area (Å²) in [6, 6.07) is 15.1. The highest BCUT2D eigenvalue weighted by atomic mass is 16.5. The smallest absolute Gasteiger partial charge is 0.250 e. The second kappa shape index (κ2) is 6.61. The SMILES string of the molecule is COc1ccccc1CCNc1ccccc1C(N)=O. The molecule has 0 spiro atoms. The number of anilines is 1. The molecule has 0 unspecified atom stereocenters. The number of methoxy groups -OCH3 is 1. The highest BCUT2D eigenvalue weighted by molar-refractivity contribution is 5.98. The number of para-hydroxylation sites is 2. The summed E-state index contributed by atoms with van der Waals surface area (Å²) in [5, 5.41) is 3.24. The average molecular weight is 270 g/mol. The molecule has 2 aromatic rings. The van der Waals surface area contributed by atoms with Crippen molar-refractivity contribution in [1.29, 1.82) is 0 Å². The van der Waals surface area contributed by atoms with E-state index in [1.165, 1.54) is 0 Å². The quantitative estimate of drug-likeness (QED) is 0.847. The normalized spacial score (nSPS) is 10.1. The van der Waals surface area contributed by atoms with Crippen LogP contribution in [0.4, 0.5) is 5.69 Å². The Morgan fingerprint density at radius 2 is 1.85 bits per heavy atom. The Kier molecular flexibility index (Phi) is 4.60. The van der Waals surface area contributed by atoms with Crippen molar-refractivity contribution in [1.82, 2.24) is 0 Å². The molecule has 4 nitrogen and oxygen atoms in total. The number of amides is 1. The van der Waals surface area contributed by atoms with Gasteiger partial charge in [0.1, 0.15) is 5.75 Å². The molecular weight excluding hydrogens is 252 g/mol. The Morgan fingerprint density at radius 1 is 1.15 bits per heavy atom. The molecule has 1 amide bonds. The highest BCUT2D eigenvalue weighted by Gasteiger charge is 2.07. The lowest BCUT2D eigenvalue weighted by Crippen LogP contribution is -2.15. The predicted octanol–water partition coefficient (Wildman–Crippen LogP) is 2.45. The summed E-state index contributed by atoms with van der Waals surface area (Å²) in [4.78, 5) is 11.3. The minimum absolute atomic E-state index is 0.426. The van der Waals surface area contributed by atoms with Crippen LogP contribution in [-0.2, 0) is 6.42 Å². The van der Waals surface area contributed by atoms with E-state index in [1.807, 2.05) is 36.4 Å². The van der Waals surface area contributed by atoms with Crippen LogP contribution in [-0.4, -0.2) is 19.6 Å². The van der Waals surface area contributed by atoms with Gasteiger partial charge in [-0.05, 0) is 30.2 Å². The first-order valence-corrected chi connectivity index (χ1v) is 6.47. The van der Waals surface area contributed by atoms with Crippen molar-refractivity contribution in [2.75, 3.05) is 19.0 Å². The first-order chi connectivity index (χ1) is 9.72. The summed E-state index contributed by atoms with van der Waals surface area (Å²) in [6.45, 7) is 0.699. The first kappa shape index (κ1) is 13.9. The van der Waals surface area contributed by atoms with Crippen molar-refractivity contribution in [3.63, 3.8) is 0 Å². The molecule has 20 heavy (non-hydrogen) atoms. The number of nitrogens with one attached hydrogen (secondary N) is 1. The summed E-state index contributed by atoms with van der Waals surface area (Å²) in [7, 11) is 1.66. The van der Waals surface area contributed by atoms with Crippen LogP contribution in [0.15, 0.2) is 48.5 Å². The zero-order valence-corrected chi connectivity index (χ0v) is 11.4. The van der Waals surface area contributed by atoms with E-state index in [9.17, 15) is 4.79 Å². The molecule has 0 aliphatic heterocycles. The molecule has 0 aliphatic rings. The van der Waals surface area contributed by atoms with Crippen molar-refractivity contribution in [2.24, 2.45) is 5.73 Å². The van der Waals surface area contributed by atoms with Crippen LogP contribution in [0.3, 0.4) is 0 Å². The van der Waals surface area contributed by atoms with E-state index in [-0.39, 0.29) is 0 Å². The monoisotopic (exact) mass is 270 g/mol. The van der Waals surface area contributed by atoms with E-state index in [1.54, 1.807) is 19.2 Å². The number of carbonyl (C=O) groups excluding carboxylic acids is 1. The fourth-order valence-electron chi connectivity index (χ4n) is 2.09. The number of nitrogens with two attached hydrogens (primary N) is 1. The Morgan fingerprint density at radius 3 is 2.60 bits per heavy atom. The first-order valence-electron chi connectivity index (χ1n) is 6.47. The van der Waals surface area contributed by atoms with Gasteiger partial charge in [-0.3, -0.25) is 4.79 Å². The van der Waals surface area contributed by atoms with Crippen LogP contribution in [0.25, 0.3) is 0 Å². The lowest BCUT2D eigenvalue weighted by Gasteiger charge is -2.11. The van der Waals surface area contributed by atoms with Crippen molar-refractivity contribution in [3.8, 4) is 5.75 Å². The minimum atomic E-state index is -0.426. The van der Waals surface area contributed by atoms with Crippen molar-refractivity contribution in [2.45, 2.75) is 6.42 Å². The van der Waals surface area contributed by atoms with Gasteiger partial charge in [0.15, 0.2) is 0 Å². The minimum Gasteiger partial charge on any atom is -0.496 e. The van der Waals surface area contributed by atoms with Crippen LogP contribution in [0, 0.1) is 0 Å². The van der Waals surface area contributed by atoms with Gasteiger partial charge in [-0.15, -0.1) is 0 Å². The van der Waals surface area contributed by atoms with Gasteiger partial charge in [-0.25, -0.2) is 0 Å². The van der Waals surface area contributed by atoms with E-state index in [0.29, 0.717) is 12.1 Å². The molecule has 0 saturated carbocycles. The fourth-order valence-corrected chi connectivity index (χ4v) is 2.09. The van der Waals surface area contributed by atoms with Crippen molar-refractivity contribution < 1.29 is 9.53 Å². The van der Waals surface area contributed by atoms with Gasteiger partial charge in [-0.2, -0.15) is 0 Å². The van der Waals surface area contributed by atoms with Crippen LogP contribution >= 0.6 is 0 Å². The second-order valence-corrected chi connectivity index (χ2v) is 4.40. The Labute approximate surface area is 118 Å². The maximum atomic E-state index is 11.3. The van der Waals surface area contributed by atoms with E-state index >= 15 is 0 Å². The van der Waals surface area contributed by atoms with E-state index in [4.69, 9.17) is 10.5 Å². The summed E-state index contributed by atoms with van der Waals surface area (Å²) in [6.07, 6.45) is 0.803. The summed E-state index contributed by atoms with van der Waals surface area (Å²) < 4.78 is 5.31. The van der Waals surface area contributed by atoms with Crippen LogP contribution in [0.1, 0.15) is 15.9 Å². The zero-order valence-electron chi connectivity index (χ0n) is 11.4. The molecule has 0 bridgehead atoms. The molecule has 0 saturated heterocycles. The standard InChI is InChI=1S/C16H18N2O2/c1-20-15-9-5-2-6-12(15)10-11-18-14-8-4-3-7-13(14)16(17)19/h2-9,18H,10-11H2,1H3,(H2,17,19). The summed E-state index contributed by atoms with van der Waals surface area (Å²) >= 11 is 0. The molecule has 0 fully saturated rings. The second-order valence-electron chi connectivity index (χ2n) is 4.40. The molecule has 2 aromatic carbocycles. The number of primary amides is 1. The van der Waals surface area contributed by atoms with E-state index in [2.05, 4.69) is 5.32 Å². The maximum Gasteiger partial charge on any atom is 0.250 e. The van der Waals surface area contributed by atoms with Crippen molar-refractivity contribution >= 4 is 11.6 Å². The highest BCUT2D eigenvalue weighted by Crippen LogP contribution is 2.19. The van der Waals surface area contributed by atoms with Gasteiger partial charge in [-0.1, -0.05) is 30.3 Å². The fraction of sp³-hybridized carbons (Fsp3) is 0.188. The van der Waals surface area contributed by atoms with Crippen LogP contribution in [0.2, 0.25) is 0 Å². The van der Waals surface area contributed by atoms with Gasteiger partial charge in [0.25, 0.3) is 5.91 Å². The molecule has 0 aliphatic carbocycles. The number of hydrogen-bond acceptors (Lipinski definition) is 3. The van der Waals surface area contributed by atoms with Gasteiger partial charge < -0.3 is 15.8 Å². The lowest BCUT2D eigenvalue weighted by molar-refractivity contribution is 0.100. The third kappa shape index (κ3) is 3.29. The number of hydrogen-bond donors (Lipinski definition) is 2. The van der Waals surface area contributed by atoms with Gasteiger partial charge in [0.05, 0.1) is 12.7 Å². The van der Waals surface area contributed by atoms with Crippen LogP contribution in [0.5, 0.6) is 5.75 Å². The summed E-state index contributed by atoms with van der Waals surface area (Å²) in [5.74, 6) is 0.447. The number of ether oxygens (including phenoxy) is 1. The molecule has 4 heteroatoms. The molecular formula is C16H18N2O2. The third-order valence-corrected chi connectivity index (χ3v) is 3.09. The van der Waals surface area contributed by atoms with Gasteiger partial charge in [0, 0.05) is 12.2 Å². The van der Waals surface area contributed by atoms with Gasteiger partial charge >= 0.3 is 0 Å². The molecule has 3 N–H and O–H groups in total. The zero-order chi connectivity index (χ0) is 14.4. The Hall–Kier alpha value is -2.49. The molecule has 0 atom stereocenters. The number of carbonyl (C=O) groups is 1. The van der Waals surface area contributed by atoms with Crippen LogP contribution < -0.4 is 15.8 Å². The van der Waals surface area contributed by atoms with Crippen molar-refractivity contribution in [3.05, 3.63) is 59.7 Å². The Balaban J connectivity index is 2.01. The third-order valence-electron chi connectivity index (χ3n) is 3.09. The predicted molar refractivity (Wildman–Crippen MR) is 80.1 cm³/mol. The molecule has 0 heterocycles. The summed E-state index contributed by atoms with van der Waals surface area (Å²) in [5.41, 5.74) is 7.73. The molecule has 2 rings (SSSR count). The molecule has 104 valence electrons. The molecule has 0 aromatic heterocycles. The lowest BCUT2D eigenvalue weighted by atomic mass is 10.1. The number of rotatable bonds is 6.